The molecular weight excluding hydrogens is 400 g/mol. The molecule has 0 fully saturated rings. The Morgan fingerprint density at radius 1 is 0.968 bits per heavy atom. The molecule has 0 saturated carbocycles. The third kappa shape index (κ3) is 6.43. The van der Waals surface area contributed by atoms with E-state index in [4.69, 9.17) is 4.84 Å². The van der Waals surface area contributed by atoms with Crippen LogP contribution in [0.2, 0.25) is 0 Å². The fourth-order valence-corrected chi connectivity index (χ4v) is 2.38. The van der Waals surface area contributed by atoms with Gasteiger partial charge in [-0.2, -0.15) is 0 Å². The Bertz CT molecular complexity index is 1140. The van der Waals surface area contributed by atoms with Crippen molar-refractivity contribution in [1.29, 1.82) is 0 Å². The normalized spacial score (nSPS) is 10.8. The van der Waals surface area contributed by atoms with Crippen LogP contribution in [0.4, 0.5) is 17.1 Å². The molecule has 154 valence electrons. The molecule has 1 amide bonds. The maximum Gasteiger partial charge on any atom is 0.355 e. The van der Waals surface area contributed by atoms with E-state index in [2.05, 4.69) is 15.7 Å². The number of carbonyl (C=O) groups excluding carboxylic acids is 2. The topological polar surface area (TPSA) is 123 Å². The molecule has 0 saturated heterocycles. The highest BCUT2D eigenvalue weighted by atomic mass is 16.7. The number of non-ortho nitro benzene ring substituents is 1. The Labute approximate surface area is 176 Å². The number of carbonyl (C=O) groups is 2. The van der Waals surface area contributed by atoms with Crippen LogP contribution in [0, 0.1) is 10.1 Å². The van der Waals surface area contributed by atoms with E-state index in [0.29, 0.717) is 11.4 Å². The zero-order valence-corrected chi connectivity index (χ0v) is 16.0. The number of nitro benzene ring substituents is 1. The summed E-state index contributed by atoms with van der Waals surface area (Å²) >= 11 is 0. The first-order chi connectivity index (χ1) is 15.0. The number of nitro groups is 1. The summed E-state index contributed by atoms with van der Waals surface area (Å²) in [6, 6.07) is 20.8. The molecule has 0 heterocycles. The predicted octanol–water partition coefficient (Wildman–Crippen LogP) is 5.10. The molecule has 0 bridgehead atoms. The Balaban J connectivity index is 1.53. The van der Waals surface area contributed by atoms with Gasteiger partial charge in [0.2, 0.25) is 0 Å². The minimum absolute atomic E-state index is 0.0618. The highest BCUT2D eigenvalue weighted by molar-refractivity contribution is 5.95. The first kappa shape index (κ1) is 21.1. The van der Waals surface area contributed by atoms with E-state index in [1.807, 2.05) is 30.3 Å². The zero-order valence-electron chi connectivity index (χ0n) is 16.0. The van der Waals surface area contributed by atoms with Crippen LogP contribution in [0.25, 0.3) is 6.08 Å². The van der Waals surface area contributed by atoms with Gasteiger partial charge >= 0.3 is 5.97 Å². The SMILES string of the molecule is O=C(C=Cc1ccccc1)ONc1ccc(N=NC(=O)c2cccc([N+](=O)[O-])c2)cc1. The number of amides is 1. The van der Waals surface area contributed by atoms with E-state index < -0.39 is 16.8 Å². The van der Waals surface area contributed by atoms with Crippen molar-refractivity contribution in [1.82, 2.24) is 0 Å². The summed E-state index contributed by atoms with van der Waals surface area (Å²) in [7, 11) is 0. The predicted molar refractivity (Wildman–Crippen MR) is 114 cm³/mol. The molecule has 3 aromatic carbocycles. The minimum Gasteiger partial charge on any atom is -0.339 e. The molecule has 0 aliphatic rings. The van der Waals surface area contributed by atoms with Crippen molar-refractivity contribution in [3.63, 3.8) is 0 Å². The summed E-state index contributed by atoms with van der Waals surface area (Å²) in [6.07, 6.45) is 2.93. The highest BCUT2D eigenvalue weighted by Crippen LogP contribution is 2.18. The minimum atomic E-state index is -0.704. The number of rotatable bonds is 7. The van der Waals surface area contributed by atoms with Crippen LogP contribution in [-0.4, -0.2) is 16.8 Å². The maximum atomic E-state index is 12.0. The van der Waals surface area contributed by atoms with Gasteiger partial charge in [-0.1, -0.05) is 36.4 Å². The molecule has 0 atom stereocenters. The second kappa shape index (κ2) is 10.2. The van der Waals surface area contributed by atoms with Crippen molar-refractivity contribution < 1.29 is 19.3 Å². The van der Waals surface area contributed by atoms with Crippen LogP contribution in [0.1, 0.15) is 15.9 Å². The van der Waals surface area contributed by atoms with Crippen LogP contribution in [-0.2, 0) is 9.63 Å². The standard InChI is InChI=1S/C22H16N4O5/c27-21(14-9-16-5-2-1-3-6-16)31-25-19-12-10-18(11-13-19)23-24-22(28)17-7-4-8-20(15-17)26(29)30/h1-15,25H. The smallest absolute Gasteiger partial charge is 0.339 e. The van der Waals surface area contributed by atoms with Crippen molar-refractivity contribution in [3.8, 4) is 0 Å². The first-order valence-electron chi connectivity index (χ1n) is 9.02. The molecule has 0 radical (unpaired) electrons. The molecule has 3 rings (SSSR count). The van der Waals surface area contributed by atoms with Crippen LogP contribution >= 0.6 is 0 Å². The third-order valence-electron chi connectivity index (χ3n) is 3.91. The molecule has 0 aliphatic heterocycles. The van der Waals surface area contributed by atoms with Gasteiger partial charge < -0.3 is 4.84 Å². The monoisotopic (exact) mass is 416 g/mol. The number of benzene rings is 3. The van der Waals surface area contributed by atoms with Crippen LogP contribution < -0.4 is 5.48 Å². The van der Waals surface area contributed by atoms with Crippen LogP contribution in [0.15, 0.2) is 95.2 Å². The van der Waals surface area contributed by atoms with Gasteiger partial charge in [-0.05, 0) is 42.0 Å². The zero-order chi connectivity index (χ0) is 22.1. The molecular formula is C22H16N4O5. The number of nitrogens with one attached hydrogen (secondary N) is 1. The quantitative estimate of drug-likeness (QED) is 0.247. The second-order valence-corrected chi connectivity index (χ2v) is 6.13. The highest BCUT2D eigenvalue weighted by Gasteiger charge is 2.10. The molecule has 31 heavy (non-hydrogen) atoms. The summed E-state index contributed by atoms with van der Waals surface area (Å²) < 4.78 is 0. The molecule has 0 spiro atoms. The van der Waals surface area contributed by atoms with Crippen molar-refractivity contribution >= 4 is 35.0 Å². The van der Waals surface area contributed by atoms with Crippen molar-refractivity contribution in [3.05, 3.63) is 106 Å². The fourth-order valence-electron chi connectivity index (χ4n) is 2.38. The van der Waals surface area contributed by atoms with Gasteiger partial charge in [0.25, 0.3) is 11.6 Å². The van der Waals surface area contributed by atoms with Gasteiger partial charge in [0.15, 0.2) is 0 Å². The molecule has 0 aromatic heterocycles. The average Bonchev–Trinajstić information content (AvgIpc) is 2.81. The Morgan fingerprint density at radius 2 is 1.71 bits per heavy atom. The lowest BCUT2D eigenvalue weighted by Crippen LogP contribution is -2.07. The van der Waals surface area contributed by atoms with Gasteiger partial charge in [-0.3, -0.25) is 14.9 Å². The summed E-state index contributed by atoms with van der Waals surface area (Å²) in [5, 5.41) is 18.2. The lowest BCUT2D eigenvalue weighted by molar-refractivity contribution is -0.384. The number of hydrogen-bond donors (Lipinski definition) is 1. The van der Waals surface area contributed by atoms with Gasteiger partial charge in [-0.15, -0.1) is 10.2 Å². The van der Waals surface area contributed by atoms with Crippen molar-refractivity contribution in [2.24, 2.45) is 10.2 Å². The van der Waals surface area contributed by atoms with E-state index in [1.54, 1.807) is 30.3 Å². The van der Waals surface area contributed by atoms with Gasteiger partial charge in [0.1, 0.15) is 0 Å². The largest absolute Gasteiger partial charge is 0.355 e. The van der Waals surface area contributed by atoms with Crippen LogP contribution in [0.5, 0.6) is 0 Å². The number of hydrogen-bond acceptors (Lipinski definition) is 7. The number of azo groups is 1. The summed E-state index contributed by atoms with van der Waals surface area (Å²) in [5.41, 5.74) is 4.10. The molecule has 0 unspecified atom stereocenters. The Kier molecular flexibility index (Phi) is 6.94. The molecule has 3 aromatic rings. The average molecular weight is 416 g/mol. The Morgan fingerprint density at radius 3 is 2.42 bits per heavy atom. The summed E-state index contributed by atoms with van der Waals surface area (Å²) in [4.78, 5) is 38.9. The summed E-state index contributed by atoms with van der Waals surface area (Å²) in [5.74, 6) is -1.28. The molecule has 9 nitrogen and oxygen atoms in total. The van der Waals surface area contributed by atoms with Crippen molar-refractivity contribution in [2.45, 2.75) is 0 Å². The number of nitrogens with zero attached hydrogens (tertiary/aromatic N) is 3. The first-order valence-corrected chi connectivity index (χ1v) is 9.02. The second-order valence-electron chi connectivity index (χ2n) is 6.13. The maximum absolute atomic E-state index is 12.0. The molecule has 9 heteroatoms. The fraction of sp³-hybridized carbons (Fsp3) is 0. The lowest BCUT2D eigenvalue weighted by Gasteiger charge is -2.04. The van der Waals surface area contributed by atoms with Gasteiger partial charge in [0.05, 0.1) is 21.9 Å². The summed E-state index contributed by atoms with van der Waals surface area (Å²) in [6.45, 7) is 0. The van der Waals surface area contributed by atoms with Crippen molar-refractivity contribution in [2.75, 3.05) is 5.48 Å². The lowest BCUT2D eigenvalue weighted by atomic mass is 10.2. The van der Waals surface area contributed by atoms with E-state index in [-0.39, 0.29) is 11.3 Å². The van der Waals surface area contributed by atoms with Gasteiger partial charge in [0, 0.05) is 18.2 Å². The van der Waals surface area contributed by atoms with E-state index in [1.165, 1.54) is 24.3 Å². The van der Waals surface area contributed by atoms with E-state index in [0.717, 1.165) is 11.6 Å². The third-order valence-corrected chi connectivity index (χ3v) is 3.91. The molecule has 0 aliphatic carbocycles. The number of anilines is 1. The Hall–Kier alpha value is -4.66. The van der Waals surface area contributed by atoms with E-state index in [9.17, 15) is 19.7 Å². The van der Waals surface area contributed by atoms with Crippen LogP contribution in [0.3, 0.4) is 0 Å². The van der Waals surface area contributed by atoms with Gasteiger partial charge in [-0.25, -0.2) is 10.3 Å². The molecule has 1 N–H and O–H groups in total. The van der Waals surface area contributed by atoms with E-state index >= 15 is 0 Å².